The third-order valence-electron chi connectivity index (χ3n) is 10.7. The van der Waals surface area contributed by atoms with Crippen molar-refractivity contribution in [3.05, 3.63) is 84.0 Å². The first-order valence-corrected chi connectivity index (χ1v) is 21.0. The van der Waals surface area contributed by atoms with Crippen molar-refractivity contribution in [2.75, 3.05) is 20.0 Å². The van der Waals surface area contributed by atoms with Crippen molar-refractivity contribution < 1.29 is 42.9 Å². The van der Waals surface area contributed by atoms with Gasteiger partial charge in [0.1, 0.15) is 41.3 Å². The molecule has 0 unspecified atom stereocenters. The minimum atomic E-state index is -1.09. The van der Waals surface area contributed by atoms with Crippen molar-refractivity contribution >= 4 is 46.7 Å². The second kappa shape index (κ2) is 21.6. The maximum Gasteiger partial charge on any atom is 0.329 e. The van der Waals surface area contributed by atoms with Crippen LogP contribution in [0.2, 0.25) is 0 Å². The Morgan fingerprint density at radius 3 is 2.20 bits per heavy atom. The molecular weight excluding hydrogens is 765 g/mol. The number of carbonyl (C=O) groups excluding carboxylic acids is 5. The molecule has 0 spiro atoms. The average Bonchev–Trinajstić information content (AvgIpc) is 3.65. The van der Waals surface area contributed by atoms with E-state index in [9.17, 15) is 24.0 Å². The summed E-state index contributed by atoms with van der Waals surface area (Å²) in [7, 11) is 2.83. The maximum atomic E-state index is 14.4. The molecule has 13 heteroatoms. The van der Waals surface area contributed by atoms with Crippen molar-refractivity contribution in [1.29, 1.82) is 0 Å². The first-order valence-electron chi connectivity index (χ1n) is 21.0. The molecule has 0 heterocycles. The highest BCUT2D eigenvalue weighted by atomic mass is 16.6. The molecule has 2 aliphatic rings. The molecule has 1 fully saturated rings. The van der Waals surface area contributed by atoms with Crippen LogP contribution in [0.3, 0.4) is 0 Å². The number of carbonyl (C=O) groups is 5. The summed E-state index contributed by atoms with van der Waals surface area (Å²) in [5, 5.41) is 8.58. The van der Waals surface area contributed by atoms with Crippen LogP contribution in [-0.2, 0) is 38.2 Å². The van der Waals surface area contributed by atoms with Crippen molar-refractivity contribution in [2.24, 2.45) is 17.8 Å². The number of esters is 2. The summed E-state index contributed by atoms with van der Waals surface area (Å²) >= 11 is 0. The minimum absolute atomic E-state index is 0.0115. The van der Waals surface area contributed by atoms with Crippen LogP contribution in [0.1, 0.15) is 104 Å². The van der Waals surface area contributed by atoms with Crippen molar-refractivity contribution in [1.82, 2.24) is 16.0 Å². The molecule has 5 N–H and O–H groups in total. The smallest absolute Gasteiger partial charge is 0.329 e. The Balaban J connectivity index is 1.71. The van der Waals surface area contributed by atoms with E-state index in [0.29, 0.717) is 41.2 Å². The lowest BCUT2D eigenvalue weighted by atomic mass is 9.83. The molecule has 0 aliphatic heterocycles. The second-order valence-corrected chi connectivity index (χ2v) is 16.9. The minimum Gasteiger partial charge on any atom is -0.497 e. The molecule has 3 amide bonds. The molecule has 2 aromatic carbocycles. The Bertz CT molecular complexity index is 1910. The SMILES string of the molecule is C=C(/C=C(/O[C@@H]1C=C(C(=O)N[C@H](C(=O)N[C@H](C(=O)OC)C2CCCCC2)C(C)C)[C@@H](C(=O)N[C@@H](CCC)C(=O)OC(C)(C)C)C1)c1ccc(OC)cc1N)c1ccccc1. The van der Waals surface area contributed by atoms with Gasteiger partial charge in [-0.15, -0.1) is 0 Å². The quantitative estimate of drug-likeness (QED) is 0.0548. The lowest BCUT2D eigenvalue weighted by Crippen LogP contribution is -2.56. The van der Waals surface area contributed by atoms with Gasteiger partial charge < -0.3 is 40.6 Å². The van der Waals surface area contributed by atoms with E-state index in [-0.39, 0.29) is 17.9 Å². The van der Waals surface area contributed by atoms with E-state index < -0.39 is 71.3 Å². The number of benzene rings is 2. The zero-order valence-corrected chi connectivity index (χ0v) is 36.4. The number of rotatable bonds is 18. The van der Waals surface area contributed by atoms with Crippen LogP contribution in [-0.4, -0.2) is 73.7 Å². The highest BCUT2D eigenvalue weighted by Gasteiger charge is 2.41. The van der Waals surface area contributed by atoms with Gasteiger partial charge in [-0.05, 0) is 87.3 Å². The normalized spacial score (nSPS) is 18.6. The van der Waals surface area contributed by atoms with Gasteiger partial charge in [-0.2, -0.15) is 0 Å². The molecule has 0 bridgehead atoms. The number of hydrogen-bond donors (Lipinski definition) is 4. The van der Waals surface area contributed by atoms with E-state index in [1.54, 1.807) is 65.0 Å². The molecule has 0 saturated heterocycles. The van der Waals surface area contributed by atoms with Gasteiger partial charge in [0.15, 0.2) is 0 Å². The number of amides is 3. The fourth-order valence-corrected chi connectivity index (χ4v) is 7.58. The van der Waals surface area contributed by atoms with Crippen molar-refractivity contribution in [2.45, 2.75) is 123 Å². The Morgan fingerprint density at radius 1 is 0.933 bits per heavy atom. The summed E-state index contributed by atoms with van der Waals surface area (Å²) in [6, 6.07) is 11.8. The third-order valence-corrected chi connectivity index (χ3v) is 10.7. The first-order chi connectivity index (χ1) is 28.5. The lowest BCUT2D eigenvalue weighted by molar-refractivity contribution is -0.159. The number of methoxy groups -OCH3 is 2. The Hall–Kier alpha value is -5.59. The van der Waals surface area contributed by atoms with Gasteiger partial charge in [-0.25, -0.2) is 9.59 Å². The van der Waals surface area contributed by atoms with E-state index in [1.807, 2.05) is 37.3 Å². The van der Waals surface area contributed by atoms with Gasteiger partial charge in [0.25, 0.3) is 0 Å². The molecule has 5 atom stereocenters. The molecule has 60 heavy (non-hydrogen) atoms. The van der Waals surface area contributed by atoms with Gasteiger partial charge in [0.2, 0.25) is 17.7 Å². The summed E-state index contributed by atoms with van der Waals surface area (Å²) in [5.41, 5.74) is 8.14. The molecule has 1 saturated carbocycles. The number of anilines is 1. The lowest BCUT2D eigenvalue weighted by Gasteiger charge is -2.31. The van der Waals surface area contributed by atoms with Crippen molar-refractivity contribution in [3.8, 4) is 5.75 Å². The molecule has 0 radical (unpaired) electrons. The zero-order valence-electron chi connectivity index (χ0n) is 36.4. The Morgan fingerprint density at radius 2 is 1.62 bits per heavy atom. The standard InChI is InChI=1S/C47H64N4O9/c1-10-17-38(45(55)60-47(5,6)7)49-42(52)35-25-33(59-39(24-29(4)30-18-13-11-14-19-30)34-23-22-32(57-8)27-37(34)48)26-36(35)43(53)50-40(28(2)3)44(54)51-41(46(56)58-9)31-20-15-12-16-21-31/h11,13-14,18-19,22-24,26-28,31,33,35,38,40-41H,4,10,12,15-17,20-21,25,48H2,1-3,5-9H3,(H,49,52)(H,50,53)(H,51,54)/b39-24+/t33-,35-,38-,40-,41-/m0/s1. The summed E-state index contributed by atoms with van der Waals surface area (Å²) in [6.45, 7) is 15.0. The van der Waals surface area contributed by atoms with E-state index >= 15 is 0 Å². The predicted octanol–water partition coefficient (Wildman–Crippen LogP) is 6.67. The van der Waals surface area contributed by atoms with Gasteiger partial charge in [-0.3, -0.25) is 14.4 Å². The summed E-state index contributed by atoms with van der Waals surface area (Å²) in [5.74, 6) is -3.64. The first kappa shape index (κ1) is 47.1. The van der Waals surface area contributed by atoms with E-state index in [2.05, 4.69) is 22.5 Å². The average molecular weight is 829 g/mol. The molecular formula is C47H64N4O9. The highest BCUT2D eigenvalue weighted by molar-refractivity contribution is 6.03. The fraction of sp³-hybridized carbons (Fsp3) is 0.511. The Labute approximate surface area is 354 Å². The van der Waals surface area contributed by atoms with Crippen LogP contribution in [0.5, 0.6) is 5.75 Å². The number of ether oxygens (including phenoxy) is 4. The number of hydrogen-bond acceptors (Lipinski definition) is 10. The molecule has 0 aromatic heterocycles. The van der Waals surface area contributed by atoms with E-state index in [0.717, 1.165) is 37.7 Å². The van der Waals surface area contributed by atoms with Crippen LogP contribution >= 0.6 is 0 Å². The predicted molar refractivity (Wildman–Crippen MR) is 232 cm³/mol. The highest BCUT2D eigenvalue weighted by Crippen LogP contribution is 2.36. The van der Waals surface area contributed by atoms with Crippen LogP contribution in [0.15, 0.2) is 72.8 Å². The van der Waals surface area contributed by atoms with Gasteiger partial charge >= 0.3 is 11.9 Å². The summed E-state index contributed by atoms with van der Waals surface area (Å²) in [6.07, 6.45) is 7.83. The number of nitrogen functional groups attached to an aromatic ring is 1. The number of nitrogens with one attached hydrogen (secondary N) is 3. The fourth-order valence-electron chi connectivity index (χ4n) is 7.58. The zero-order chi connectivity index (χ0) is 44.1. The van der Waals surface area contributed by atoms with Gasteiger partial charge in [0, 0.05) is 29.3 Å². The third kappa shape index (κ3) is 13.0. The van der Waals surface area contributed by atoms with Crippen LogP contribution in [0.4, 0.5) is 5.69 Å². The molecule has 2 aromatic rings. The summed E-state index contributed by atoms with van der Waals surface area (Å²) in [4.78, 5) is 68.9. The van der Waals surface area contributed by atoms with Crippen LogP contribution in [0.25, 0.3) is 11.3 Å². The molecule has 2 aliphatic carbocycles. The van der Waals surface area contributed by atoms with Crippen LogP contribution in [0, 0.1) is 17.8 Å². The van der Waals surface area contributed by atoms with Crippen LogP contribution < -0.4 is 26.4 Å². The van der Waals surface area contributed by atoms with Gasteiger partial charge in [0.05, 0.1) is 20.1 Å². The second-order valence-electron chi connectivity index (χ2n) is 16.9. The Kier molecular flexibility index (Phi) is 17.0. The van der Waals surface area contributed by atoms with E-state index in [4.69, 9.17) is 24.7 Å². The number of nitrogens with two attached hydrogens (primary N) is 1. The molecule has 326 valence electrons. The van der Waals surface area contributed by atoms with E-state index in [1.165, 1.54) is 14.2 Å². The maximum absolute atomic E-state index is 14.4. The topological polar surface area (TPSA) is 184 Å². The largest absolute Gasteiger partial charge is 0.497 e. The molecule has 13 nitrogen and oxygen atoms in total. The number of allylic oxidation sites excluding steroid dienone is 2. The van der Waals surface area contributed by atoms with Crippen molar-refractivity contribution in [3.63, 3.8) is 0 Å². The monoisotopic (exact) mass is 828 g/mol. The molecule has 4 rings (SSSR count). The van der Waals surface area contributed by atoms with Gasteiger partial charge in [-0.1, -0.05) is 83.4 Å². The summed E-state index contributed by atoms with van der Waals surface area (Å²) < 4.78 is 22.7.